The predicted molar refractivity (Wildman–Crippen MR) is 74.0 cm³/mol. The van der Waals surface area contributed by atoms with Crippen molar-refractivity contribution in [3.05, 3.63) is 22.7 Å². The van der Waals surface area contributed by atoms with Crippen molar-refractivity contribution < 1.29 is 9.53 Å². The maximum atomic E-state index is 12.1. The molecular weight excluding hydrogens is 294 g/mol. The van der Waals surface area contributed by atoms with E-state index in [-0.39, 0.29) is 12.5 Å². The zero-order valence-corrected chi connectivity index (χ0v) is 11.8. The first kappa shape index (κ1) is 12.0. The minimum absolute atomic E-state index is 0.0942. The van der Waals surface area contributed by atoms with Crippen molar-refractivity contribution in [3.8, 4) is 5.75 Å². The molecule has 18 heavy (non-hydrogen) atoms. The van der Waals surface area contributed by atoms with Crippen LogP contribution in [0.15, 0.2) is 22.7 Å². The summed E-state index contributed by atoms with van der Waals surface area (Å²) in [6.45, 7) is 0.167. The molecule has 0 radical (unpaired) electrons. The summed E-state index contributed by atoms with van der Waals surface area (Å²) in [6.07, 6.45) is 5.97. The fourth-order valence-electron chi connectivity index (χ4n) is 2.89. The highest BCUT2D eigenvalue weighted by atomic mass is 79.9. The van der Waals surface area contributed by atoms with Crippen LogP contribution >= 0.6 is 15.9 Å². The zero-order chi connectivity index (χ0) is 12.5. The summed E-state index contributed by atoms with van der Waals surface area (Å²) < 4.78 is 6.50. The number of rotatable bonds is 1. The summed E-state index contributed by atoms with van der Waals surface area (Å²) in [7, 11) is 0. The molecule has 4 heteroatoms. The largest absolute Gasteiger partial charge is 0.482 e. The number of carbonyl (C=O) groups is 1. The topological polar surface area (TPSA) is 29.5 Å². The molecule has 0 N–H and O–H groups in total. The van der Waals surface area contributed by atoms with E-state index in [9.17, 15) is 4.79 Å². The van der Waals surface area contributed by atoms with E-state index in [0.717, 1.165) is 28.8 Å². The molecule has 96 valence electrons. The van der Waals surface area contributed by atoms with E-state index < -0.39 is 0 Å². The summed E-state index contributed by atoms with van der Waals surface area (Å²) in [5.74, 6) is 0.909. The molecule has 0 bridgehead atoms. The number of benzene rings is 1. The maximum Gasteiger partial charge on any atom is 0.265 e. The van der Waals surface area contributed by atoms with Gasteiger partial charge in [-0.25, -0.2) is 0 Å². The molecule has 1 aromatic rings. The number of fused-ring (bicyclic) bond motifs is 1. The second-order valence-electron chi connectivity index (χ2n) is 4.96. The fraction of sp³-hybridized carbons (Fsp3) is 0.500. The first-order valence-corrected chi connectivity index (χ1v) is 7.29. The smallest absolute Gasteiger partial charge is 0.265 e. The van der Waals surface area contributed by atoms with Crippen molar-refractivity contribution in [1.82, 2.24) is 0 Å². The van der Waals surface area contributed by atoms with Crippen molar-refractivity contribution in [2.45, 2.75) is 38.1 Å². The summed E-state index contributed by atoms with van der Waals surface area (Å²) in [6, 6.07) is 6.24. The standard InChI is InChI=1S/C14H16BrNO2/c15-10-6-7-12-13(8-10)18-9-14(17)16(12)11-4-2-1-3-5-11/h6-8,11H,1-5,9H2. The van der Waals surface area contributed by atoms with Gasteiger partial charge in [0, 0.05) is 10.5 Å². The number of halogens is 1. The minimum Gasteiger partial charge on any atom is -0.482 e. The van der Waals surface area contributed by atoms with Crippen LogP contribution in [-0.2, 0) is 4.79 Å². The Morgan fingerprint density at radius 3 is 2.78 bits per heavy atom. The van der Waals surface area contributed by atoms with Gasteiger partial charge in [0.1, 0.15) is 5.75 Å². The first-order chi connectivity index (χ1) is 8.75. The van der Waals surface area contributed by atoms with Gasteiger partial charge in [0.05, 0.1) is 5.69 Å². The molecule has 1 saturated carbocycles. The Balaban J connectivity index is 1.95. The molecular formula is C14H16BrNO2. The van der Waals surface area contributed by atoms with Crippen LogP contribution in [-0.4, -0.2) is 18.6 Å². The molecule has 0 unspecified atom stereocenters. The van der Waals surface area contributed by atoms with E-state index in [4.69, 9.17) is 4.74 Å². The van der Waals surface area contributed by atoms with Gasteiger partial charge < -0.3 is 9.64 Å². The van der Waals surface area contributed by atoms with Crippen molar-refractivity contribution in [3.63, 3.8) is 0 Å². The highest BCUT2D eigenvalue weighted by Crippen LogP contribution is 2.38. The highest BCUT2D eigenvalue weighted by molar-refractivity contribution is 9.10. The van der Waals surface area contributed by atoms with Crippen molar-refractivity contribution in [2.24, 2.45) is 0 Å². The van der Waals surface area contributed by atoms with Crippen molar-refractivity contribution in [2.75, 3.05) is 11.5 Å². The van der Waals surface area contributed by atoms with E-state index in [0.29, 0.717) is 6.04 Å². The van der Waals surface area contributed by atoms with Crippen LogP contribution in [0.3, 0.4) is 0 Å². The Morgan fingerprint density at radius 2 is 2.00 bits per heavy atom. The van der Waals surface area contributed by atoms with E-state index in [1.54, 1.807) is 0 Å². The van der Waals surface area contributed by atoms with Gasteiger partial charge in [0.15, 0.2) is 6.61 Å². The van der Waals surface area contributed by atoms with Crippen LogP contribution in [0.5, 0.6) is 5.75 Å². The van der Waals surface area contributed by atoms with Gasteiger partial charge in [-0.3, -0.25) is 4.79 Å². The molecule has 3 nitrogen and oxygen atoms in total. The predicted octanol–water partition coefficient (Wildman–Crippen LogP) is 3.51. The second-order valence-corrected chi connectivity index (χ2v) is 5.87. The molecule has 2 aliphatic rings. The molecule has 0 aromatic heterocycles. The summed E-state index contributed by atoms with van der Waals surface area (Å²) >= 11 is 3.44. The highest BCUT2D eigenvalue weighted by Gasteiger charge is 2.32. The van der Waals surface area contributed by atoms with Gasteiger partial charge >= 0.3 is 0 Å². The van der Waals surface area contributed by atoms with Crippen LogP contribution in [0.25, 0.3) is 0 Å². The van der Waals surface area contributed by atoms with Crippen LogP contribution in [0.1, 0.15) is 32.1 Å². The first-order valence-electron chi connectivity index (χ1n) is 6.50. The molecule has 0 spiro atoms. The van der Waals surface area contributed by atoms with Crippen molar-refractivity contribution in [1.29, 1.82) is 0 Å². The van der Waals surface area contributed by atoms with Gasteiger partial charge in [-0.2, -0.15) is 0 Å². The molecule has 1 heterocycles. The molecule has 0 atom stereocenters. The maximum absolute atomic E-state index is 12.1. The lowest BCUT2D eigenvalue weighted by Crippen LogP contribution is -2.46. The van der Waals surface area contributed by atoms with Crippen LogP contribution < -0.4 is 9.64 Å². The van der Waals surface area contributed by atoms with Crippen LogP contribution in [0, 0.1) is 0 Å². The molecule has 1 aliphatic heterocycles. The van der Waals surface area contributed by atoms with Crippen molar-refractivity contribution >= 4 is 27.5 Å². The Kier molecular flexibility index (Phi) is 3.29. The Labute approximate surface area is 115 Å². The quantitative estimate of drug-likeness (QED) is 0.794. The molecule has 1 fully saturated rings. The third kappa shape index (κ3) is 2.14. The molecule has 1 aliphatic carbocycles. The Bertz CT molecular complexity index is 469. The third-order valence-electron chi connectivity index (χ3n) is 3.74. The summed E-state index contributed by atoms with van der Waals surface area (Å²) in [5, 5.41) is 0. The van der Waals surface area contributed by atoms with Gasteiger partial charge in [0.25, 0.3) is 5.91 Å². The van der Waals surface area contributed by atoms with E-state index in [1.165, 1.54) is 19.3 Å². The number of hydrogen-bond acceptors (Lipinski definition) is 2. The van der Waals surface area contributed by atoms with Crippen LogP contribution in [0.4, 0.5) is 5.69 Å². The number of nitrogens with zero attached hydrogens (tertiary/aromatic N) is 1. The van der Waals surface area contributed by atoms with Gasteiger partial charge in [-0.15, -0.1) is 0 Å². The number of ether oxygens (including phenoxy) is 1. The molecule has 1 amide bonds. The number of hydrogen-bond donors (Lipinski definition) is 0. The van der Waals surface area contributed by atoms with Gasteiger partial charge in [-0.1, -0.05) is 35.2 Å². The average Bonchev–Trinajstić information content (AvgIpc) is 2.40. The summed E-state index contributed by atoms with van der Waals surface area (Å²) in [5.41, 5.74) is 0.932. The number of anilines is 1. The second kappa shape index (κ2) is 4.92. The molecule has 3 rings (SSSR count). The van der Waals surface area contributed by atoms with Crippen LogP contribution in [0.2, 0.25) is 0 Å². The lowest BCUT2D eigenvalue weighted by atomic mass is 9.93. The average molecular weight is 310 g/mol. The van der Waals surface area contributed by atoms with E-state index in [2.05, 4.69) is 15.9 Å². The number of amides is 1. The lowest BCUT2D eigenvalue weighted by Gasteiger charge is -2.37. The summed E-state index contributed by atoms with van der Waals surface area (Å²) in [4.78, 5) is 14.1. The van der Waals surface area contributed by atoms with Gasteiger partial charge in [0.2, 0.25) is 0 Å². The SMILES string of the molecule is O=C1COc2cc(Br)ccc2N1C1CCCCC1. The Morgan fingerprint density at radius 1 is 1.22 bits per heavy atom. The zero-order valence-electron chi connectivity index (χ0n) is 10.2. The lowest BCUT2D eigenvalue weighted by molar-refractivity contribution is -0.122. The van der Waals surface area contributed by atoms with E-state index in [1.807, 2.05) is 23.1 Å². The fourth-order valence-corrected chi connectivity index (χ4v) is 3.23. The normalized spacial score (nSPS) is 20.5. The number of carbonyl (C=O) groups excluding carboxylic acids is 1. The third-order valence-corrected chi connectivity index (χ3v) is 4.23. The van der Waals surface area contributed by atoms with Gasteiger partial charge in [-0.05, 0) is 31.0 Å². The van der Waals surface area contributed by atoms with E-state index >= 15 is 0 Å². The minimum atomic E-state index is 0.0942. The Hall–Kier alpha value is -1.03. The molecule has 0 saturated heterocycles. The molecule has 1 aromatic carbocycles. The monoisotopic (exact) mass is 309 g/mol.